The van der Waals surface area contributed by atoms with Gasteiger partial charge in [-0.2, -0.15) is 0 Å². The molecule has 18 heavy (non-hydrogen) atoms. The summed E-state index contributed by atoms with van der Waals surface area (Å²) >= 11 is 0. The largest absolute Gasteiger partial charge is 0.326 e. The van der Waals surface area contributed by atoms with E-state index in [9.17, 15) is 4.39 Å². The molecule has 1 rings (SSSR count). The summed E-state index contributed by atoms with van der Waals surface area (Å²) in [7, 11) is 0. The van der Waals surface area contributed by atoms with Crippen LogP contribution in [0, 0.1) is 11.7 Å². The van der Waals surface area contributed by atoms with E-state index >= 15 is 0 Å². The minimum atomic E-state index is -0.187. The smallest absolute Gasteiger partial charge is 0.123 e. The van der Waals surface area contributed by atoms with Gasteiger partial charge < -0.3 is 5.73 Å². The maximum absolute atomic E-state index is 13.4. The molecule has 0 aliphatic carbocycles. The molecule has 1 atom stereocenters. The standard InChI is InChI=1S/C15H25FN2/c1-4-12(3)10-18(5-2)11-14-6-13(9-17)7-15(16)8-14/h6-8,12H,4-5,9-11,17H2,1-3H3. The lowest BCUT2D eigenvalue weighted by molar-refractivity contribution is 0.238. The van der Waals surface area contributed by atoms with Gasteiger partial charge >= 0.3 is 0 Å². The molecule has 0 spiro atoms. The van der Waals surface area contributed by atoms with Gasteiger partial charge in [-0.15, -0.1) is 0 Å². The second-order valence-electron chi connectivity index (χ2n) is 5.01. The minimum absolute atomic E-state index is 0.187. The summed E-state index contributed by atoms with van der Waals surface area (Å²) in [5, 5.41) is 0. The zero-order valence-corrected chi connectivity index (χ0v) is 11.7. The molecule has 3 heteroatoms. The highest BCUT2D eigenvalue weighted by molar-refractivity contribution is 5.24. The molecule has 0 amide bonds. The third-order valence-electron chi connectivity index (χ3n) is 3.37. The minimum Gasteiger partial charge on any atom is -0.326 e. The summed E-state index contributed by atoms with van der Waals surface area (Å²) in [6.07, 6.45) is 1.17. The van der Waals surface area contributed by atoms with Crippen molar-refractivity contribution in [3.05, 3.63) is 35.1 Å². The molecule has 0 bridgehead atoms. The first kappa shape index (κ1) is 15.1. The molecule has 0 fully saturated rings. The Kier molecular flexibility index (Phi) is 6.30. The lowest BCUT2D eigenvalue weighted by atomic mass is 10.1. The van der Waals surface area contributed by atoms with Crippen molar-refractivity contribution in [2.75, 3.05) is 13.1 Å². The summed E-state index contributed by atoms with van der Waals surface area (Å²) < 4.78 is 13.4. The Morgan fingerprint density at radius 3 is 2.44 bits per heavy atom. The second kappa shape index (κ2) is 7.49. The Hall–Kier alpha value is -0.930. The summed E-state index contributed by atoms with van der Waals surface area (Å²) in [4.78, 5) is 2.35. The first-order valence-corrected chi connectivity index (χ1v) is 6.79. The Balaban J connectivity index is 2.71. The highest BCUT2D eigenvalue weighted by Gasteiger charge is 2.09. The average Bonchev–Trinajstić information content (AvgIpc) is 2.36. The van der Waals surface area contributed by atoms with E-state index in [0.29, 0.717) is 12.5 Å². The first-order valence-electron chi connectivity index (χ1n) is 6.79. The quantitative estimate of drug-likeness (QED) is 0.807. The molecule has 0 saturated heterocycles. The Morgan fingerprint density at radius 2 is 1.89 bits per heavy atom. The molecule has 0 heterocycles. The van der Waals surface area contributed by atoms with Gasteiger partial charge in [0.2, 0.25) is 0 Å². The number of hydrogen-bond acceptors (Lipinski definition) is 2. The van der Waals surface area contributed by atoms with Gasteiger partial charge in [0.05, 0.1) is 0 Å². The predicted molar refractivity (Wildman–Crippen MR) is 74.7 cm³/mol. The maximum Gasteiger partial charge on any atom is 0.123 e. The van der Waals surface area contributed by atoms with Crippen molar-refractivity contribution in [1.29, 1.82) is 0 Å². The number of halogens is 1. The fourth-order valence-corrected chi connectivity index (χ4v) is 2.06. The van der Waals surface area contributed by atoms with E-state index in [-0.39, 0.29) is 5.82 Å². The van der Waals surface area contributed by atoms with Crippen LogP contribution in [0.25, 0.3) is 0 Å². The fraction of sp³-hybridized carbons (Fsp3) is 0.600. The summed E-state index contributed by atoms with van der Waals surface area (Å²) in [5.74, 6) is 0.486. The van der Waals surface area contributed by atoms with E-state index in [0.717, 1.165) is 30.8 Å². The van der Waals surface area contributed by atoms with Crippen LogP contribution in [0.3, 0.4) is 0 Å². The zero-order valence-electron chi connectivity index (χ0n) is 11.7. The first-order chi connectivity index (χ1) is 8.58. The molecule has 2 nitrogen and oxygen atoms in total. The van der Waals surface area contributed by atoms with E-state index in [1.807, 2.05) is 6.07 Å². The molecule has 2 N–H and O–H groups in total. The lowest BCUT2D eigenvalue weighted by Gasteiger charge is -2.24. The number of rotatable bonds is 7. The third-order valence-corrected chi connectivity index (χ3v) is 3.37. The van der Waals surface area contributed by atoms with Crippen molar-refractivity contribution < 1.29 is 4.39 Å². The van der Waals surface area contributed by atoms with E-state index in [1.54, 1.807) is 6.07 Å². The fourth-order valence-electron chi connectivity index (χ4n) is 2.06. The monoisotopic (exact) mass is 252 g/mol. The molecule has 0 aliphatic rings. The van der Waals surface area contributed by atoms with Gasteiger partial charge in [-0.25, -0.2) is 4.39 Å². The van der Waals surface area contributed by atoms with Crippen LogP contribution in [0.5, 0.6) is 0 Å². The zero-order chi connectivity index (χ0) is 13.5. The molecule has 1 aromatic carbocycles. The molecule has 1 aromatic rings. The average molecular weight is 252 g/mol. The van der Waals surface area contributed by atoms with Crippen molar-refractivity contribution in [2.24, 2.45) is 11.7 Å². The van der Waals surface area contributed by atoms with Gasteiger partial charge in [0.15, 0.2) is 0 Å². The molecule has 0 radical (unpaired) electrons. The van der Waals surface area contributed by atoms with Crippen molar-refractivity contribution in [3.8, 4) is 0 Å². The van der Waals surface area contributed by atoms with Crippen LogP contribution < -0.4 is 5.73 Å². The summed E-state index contributed by atoms with van der Waals surface area (Å²) in [6, 6.07) is 5.12. The highest BCUT2D eigenvalue weighted by Crippen LogP contribution is 2.13. The van der Waals surface area contributed by atoms with Gasteiger partial charge in [-0.1, -0.05) is 33.3 Å². The van der Waals surface area contributed by atoms with Gasteiger partial charge in [-0.05, 0) is 35.7 Å². The summed E-state index contributed by atoms with van der Waals surface area (Å²) in [6.45, 7) is 9.83. The van der Waals surface area contributed by atoms with Crippen molar-refractivity contribution in [3.63, 3.8) is 0 Å². The molecule has 0 aromatic heterocycles. The number of benzene rings is 1. The number of hydrogen-bond donors (Lipinski definition) is 1. The number of nitrogens with zero attached hydrogens (tertiary/aromatic N) is 1. The normalized spacial score (nSPS) is 13.0. The van der Waals surface area contributed by atoms with Crippen molar-refractivity contribution >= 4 is 0 Å². The van der Waals surface area contributed by atoms with Crippen LogP contribution in [0.4, 0.5) is 4.39 Å². The maximum atomic E-state index is 13.4. The Morgan fingerprint density at radius 1 is 1.22 bits per heavy atom. The predicted octanol–water partition coefficient (Wildman–Crippen LogP) is 3.15. The van der Waals surface area contributed by atoms with Crippen LogP contribution in [-0.2, 0) is 13.1 Å². The van der Waals surface area contributed by atoms with Crippen molar-refractivity contribution in [2.45, 2.75) is 40.3 Å². The van der Waals surface area contributed by atoms with Crippen LogP contribution in [0.1, 0.15) is 38.3 Å². The van der Waals surface area contributed by atoms with E-state index in [4.69, 9.17) is 5.73 Å². The molecule has 0 saturated carbocycles. The van der Waals surface area contributed by atoms with E-state index < -0.39 is 0 Å². The second-order valence-corrected chi connectivity index (χ2v) is 5.01. The van der Waals surface area contributed by atoms with Crippen molar-refractivity contribution in [1.82, 2.24) is 4.90 Å². The Bertz CT molecular complexity index is 366. The molecule has 1 unspecified atom stereocenters. The van der Waals surface area contributed by atoms with Gasteiger partial charge in [0, 0.05) is 19.6 Å². The molecular weight excluding hydrogens is 227 g/mol. The van der Waals surface area contributed by atoms with Crippen LogP contribution in [-0.4, -0.2) is 18.0 Å². The lowest BCUT2D eigenvalue weighted by Crippen LogP contribution is -2.28. The third kappa shape index (κ3) is 4.75. The molecule has 0 aliphatic heterocycles. The topological polar surface area (TPSA) is 29.3 Å². The number of nitrogens with two attached hydrogens (primary N) is 1. The highest BCUT2D eigenvalue weighted by atomic mass is 19.1. The molecular formula is C15H25FN2. The van der Waals surface area contributed by atoms with Crippen LogP contribution in [0.2, 0.25) is 0 Å². The van der Waals surface area contributed by atoms with Gasteiger partial charge in [0.1, 0.15) is 5.82 Å². The van der Waals surface area contributed by atoms with E-state index in [2.05, 4.69) is 25.7 Å². The summed E-state index contributed by atoms with van der Waals surface area (Å²) in [5.41, 5.74) is 7.45. The van der Waals surface area contributed by atoms with Crippen LogP contribution in [0.15, 0.2) is 18.2 Å². The van der Waals surface area contributed by atoms with Gasteiger partial charge in [0.25, 0.3) is 0 Å². The van der Waals surface area contributed by atoms with Gasteiger partial charge in [-0.3, -0.25) is 4.90 Å². The Labute approximate surface area is 110 Å². The van der Waals surface area contributed by atoms with Crippen LogP contribution >= 0.6 is 0 Å². The van der Waals surface area contributed by atoms with E-state index in [1.165, 1.54) is 12.5 Å². The molecule has 102 valence electrons. The SMILES string of the molecule is CCC(C)CN(CC)Cc1cc(F)cc(CN)c1.